The minimum atomic E-state index is -0.526. The molecule has 0 saturated carbocycles. The fraction of sp³-hybridized carbons (Fsp3) is 0.208. The van der Waals surface area contributed by atoms with Crippen LogP contribution < -0.4 is 14.2 Å². The van der Waals surface area contributed by atoms with E-state index >= 15 is 0 Å². The number of para-hydroxylation sites is 1. The molecule has 0 saturated heterocycles. The highest BCUT2D eigenvalue weighted by Crippen LogP contribution is 2.50. The Hall–Kier alpha value is -3.25. The third kappa shape index (κ3) is 3.37. The molecule has 2 aliphatic heterocycles. The maximum Gasteiger partial charge on any atom is 0.217 e. The molecule has 7 heteroatoms. The highest BCUT2D eigenvalue weighted by molar-refractivity contribution is 6.30. The summed E-state index contributed by atoms with van der Waals surface area (Å²) in [6, 6.07) is 17.6. The van der Waals surface area contributed by atoms with Crippen molar-refractivity contribution >= 4 is 17.3 Å². The molecule has 31 heavy (non-hydrogen) atoms. The molecule has 2 heterocycles. The molecule has 5 nitrogen and oxygen atoms in total. The first kappa shape index (κ1) is 19.7. The van der Waals surface area contributed by atoms with Gasteiger partial charge in [0.1, 0.15) is 11.6 Å². The number of halogens is 2. The molecule has 2 atom stereocenters. The molecule has 158 valence electrons. The van der Waals surface area contributed by atoms with Crippen LogP contribution in [0.25, 0.3) is 0 Å². The van der Waals surface area contributed by atoms with Crippen molar-refractivity contribution in [3.05, 3.63) is 88.2 Å². The van der Waals surface area contributed by atoms with E-state index in [-0.39, 0.29) is 11.9 Å². The van der Waals surface area contributed by atoms with Crippen molar-refractivity contribution in [1.29, 1.82) is 0 Å². The van der Waals surface area contributed by atoms with E-state index in [1.54, 1.807) is 26.4 Å². The molecule has 0 aliphatic carbocycles. The van der Waals surface area contributed by atoms with E-state index < -0.39 is 6.23 Å². The van der Waals surface area contributed by atoms with Crippen molar-refractivity contribution in [2.24, 2.45) is 5.10 Å². The molecule has 0 radical (unpaired) electrons. The Morgan fingerprint density at radius 3 is 2.58 bits per heavy atom. The largest absolute Gasteiger partial charge is 0.493 e. The molecular weight excluding hydrogens is 419 g/mol. The lowest BCUT2D eigenvalue weighted by atomic mass is 9.95. The fourth-order valence-corrected chi connectivity index (χ4v) is 4.37. The van der Waals surface area contributed by atoms with Gasteiger partial charge in [-0.05, 0) is 48.0 Å². The fourth-order valence-electron chi connectivity index (χ4n) is 4.19. The zero-order valence-electron chi connectivity index (χ0n) is 17.0. The number of nitrogens with zero attached hydrogens (tertiary/aromatic N) is 2. The van der Waals surface area contributed by atoms with Crippen molar-refractivity contribution in [3.63, 3.8) is 0 Å². The van der Waals surface area contributed by atoms with E-state index in [0.717, 1.165) is 28.2 Å². The van der Waals surface area contributed by atoms with Gasteiger partial charge in [0.15, 0.2) is 11.5 Å². The zero-order valence-corrected chi connectivity index (χ0v) is 17.8. The second kappa shape index (κ2) is 7.78. The van der Waals surface area contributed by atoms with Gasteiger partial charge in [0, 0.05) is 17.0 Å². The highest BCUT2D eigenvalue weighted by atomic mass is 35.5. The van der Waals surface area contributed by atoms with E-state index in [0.29, 0.717) is 22.9 Å². The SMILES string of the molecule is COc1cccc([C@H]2Oc3ccc(Cl)cc3[C@H]3CC(c4ccc(F)cc4)=NN32)c1OC. The van der Waals surface area contributed by atoms with Crippen LogP contribution in [0.5, 0.6) is 17.2 Å². The van der Waals surface area contributed by atoms with E-state index in [1.165, 1.54) is 12.1 Å². The van der Waals surface area contributed by atoms with Crippen molar-refractivity contribution in [2.45, 2.75) is 18.7 Å². The average molecular weight is 439 g/mol. The number of fused-ring (bicyclic) bond motifs is 3. The summed E-state index contributed by atoms with van der Waals surface area (Å²) in [5, 5.41) is 7.45. The Kier molecular flexibility index (Phi) is 4.94. The smallest absolute Gasteiger partial charge is 0.217 e. The number of benzene rings is 3. The van der Waals surface area contributed by atoms with Crippen LogP contribution in [-0.4, -0.2) is 24.9 Å². The Morgan fingerprint density at radius 1 is 1.03 bits per heavy atom. The minimum Gasteiger partial charge on any atom is -0.493 e. The summed E-state index contributed by atoms with van der Waals surface area (Å²) in [6.07, 6.45) is 0.118. The summed E-state index contributed by atoms with van der Waals surface area (Å²) < 4.78 is 31.0. The molecular formula is C24H20ClFN2O3. The number of hydrogen-bond donors (Lipinski definition) is 0. The molecule has 0 aromatic heterocycles. The second-order valence-corrected chi connectivity index (χ2v) is 7.83. The predicted octanol–water partition coefficient (Wildman–Crippen LogP) is 5.74. The Labute approximate surface area is 184 Å². The zero-order chi connectivity index (χ0) is 21.5. The van der Waals surface area contributed by atoms with Gasteiger partial charge in [-0.25, -0.2) is 9.40 Å². The van der Waals surface area contributed by atoms with Gasteiger partial charge in [-0.1, -0.05) is 29.8 Å². The highest BCUT2D eigenvalue weighted by Gasteiger charge is 2.42. The van der Waals surface area contributed by atoms with Gasteiger partial charge in [-0.2, -0.15) is 5.10 Å². The van der Waals surface area contributed by atoms with E-state index in [1.807, 2.05) is 41.4 Å². The maximum atomic E-state index is 13.4. The lowest BCUT2D eigenvalue weighted by molar-refractivity contribution is -0.0205. The van der Waals surface area contributed by atoms with Gasteiger partial charge in [0.25, 0.3) is 0 Å². The molecule has 3 aromatic rings. The number of rotatable bonds is 4. The van der Waals surface area contributed by atoms with E-state index in [4.69, 9.17) is 30.9 Å². The first-order valence-corrected chi connectivity index (χ1v) is 10.3. The summed E-state index contributed by atoms with van der Waals surface area (Å²) in [5.74, 6) is 1.68. The summed E-state index contributed by atoms with van der Waals surface area (Å²) >= 11 is 6.29. The number of methoxy groups -OCH3 is 2. The van der Waals surface area contributed by atoms with Crippen molar-refractivity contribution in [3.8, 4) is 17.2 Å². The summed E-state index contributed by atoms with van der Waals surface area (Å²) in [6.45, 7) is 0. The van der Waals surface area contributed by atoms with E-state index in [2.05, 4.69) is 0 Å². The molecule has 0 bridgehead atoms. The number of hydrogen-bond acceptors (Lipinski definition) is 5. The van der Waals surface area contributed by atoms with Crippen LogP contribution >= 0.6 is 11.6 Å². The number of ether oxygens (including phenoxy) is 3. The van der Waals surface area contributed by atoms with Crippen molar-refractivity contribution in [2.75, 3.05) is 14.2 Å². The van der Waals surface area contributed by atoms with Crippen LogP contribution in [0, 0.1) is 5.82 Å². The van der Waals surface area contributed by atoms with Gasteiger partial charge < -0.3 is 14.2 Å². The van der Waals surface area contributed by atoms with Crippen LogP contribution in [0.1, 0.15) is 35.4 Å². The van der Waals surface area contributed by atoms with Gasteiger partial charge >= 0.3 is 0 Å². The van der Waals surface area contributed by atoms with Crippen LogP contribution in [0.15, 0.2) is 65.8 Å². The lowest BCUT2D eigenvalue weighted by Gasteiger charge is -2.38. The van der Waals surface area contributed by atoms with E-state index in [9.17, 15) is 4.39 Å². The summed E-state index contributed by atoms with van der Waals surface area (Å²) in [7, 11) is 3.21. The summed E-state index contributed by atoms with van der Waals surface area (Å²) in [4.78, 5) is 0. The minimum absolute atomic E-state index is 0.0802. The molecule has 2 aliphatic rings. The Morgan fingerprint density at radius 2 is 1.84 bits per heavy atom. The lowest BCUT2D eigenvalue weighted by Crippen LogP contribution is -2.34. The van der Waals surface area contributed by atoms with Gasteiger partial charge in [-0.15, -0.1) is 0 Å². The molecule has 0 N–H and O–H groups in total. The molecule has 5 rings (SSSR count). The Bertz CT molecular complexity index is 1170. The van der Waals surface area contributed by atoms with Crippen LogP contribution in [0.4, 0.5) is 4.39 Å². The maximum absolute atomic E-state index is 13.4. The van der Waals surface area contributed by atoms with Crippen LogP contribution in [0.2, 0.25) is 5.02 Å². The van der Waals surface area contributed by atoms with Gasteiger partial charge in [0.05, 0.1) is 31.5 Å². The molecule has 3 aromatic carbocycles. The average Bonchev–Trinajstić information content (AvgIpc) is 3.24. The monoisotopic (exact) mass is 438 g/mol. The van der Waals surface area contributed by atoms with Gasteiger partial charge in [-0.3, -0.25) is 0 Å². The summed E-state index contributed by atoms with van der Waals surface area (Å²) in [5.41, 5.74) is 3.49. The third-order valence-electron chi connectivity index (χ3n) is 5.63. The van der Waals surface area contributed by atoms with Crippen LogP contribution in [-0.2, 0) is 0 Å². The Balaban J connectivity index is 1.64. The molecule has 0 unspecified atom stereocenters. The third-order valence-corrected chi connectivity index (χ3v) is 5.86. The molecule has 0 fully saturated rings. The molecule has 0 amide bonds. The predicted molar refractivity (Wildman–Crippen MR) is 117 cm³/mol. The standard InChI is InChI=1S/C24H20ClFN2O3/c1-29-22-5-3-4-17(23(22)30-2)24-28-20(18-12-15(25)8-11-21(18)31-24)13-19(27-28)14-6-9-16(26)10-7-14/h3-12,20,24H,13H2,1-2H3/t20-,24-/m1/s1. The molecule has 0 spiro atoms. The van der Waals surface area contributed by atoms with Crippen molar-refractivity contribution < 1.29 is 18.6 Å². The first-order valence-electron chi connectivity index (χ1n) is 9.88. The topological polar surface area (TPSA) is 43.3 Å². The quantitative estimate of drug-likeness (QED) is 0.521. The van der Waals surface area contributed by atoms with Crippen molar-refractivity contribution in [1.82, 2.24) is 5.01 Å². The normalized spacial score (nSPS) is 19.2. The van der Waals surface area contributed by atoms with Crippen LogP contribution in [0.3, 0.4) is 0 Å². The van der Waals surface area contributed by atoms with Gasteiger partial charge in [0.2, 0.25) is 6.23 Å². The number of hydrazone groups is 1. The second-order valence-electron chi connectivity index (χ2n) is 7.39. The first-order chi connectivity index (χ1) is 15.1.